The van der Waals surface area contributed by atoms with Crippen LogP contribution in [0.1, 0.15) is 18.2 Å². The SMILES string of the molecule is Cc1cc(Cl)c(C)nc1-c1nn(C)c(OC(C)F)c1Cl. The third kappa shape index (κ3) is 2.74. The van der Waals surface area contributed by atoms with Crippen molar-refractivity contribution >= 4 is 23.2 Å². The maximum atomic E-state index is 13.0. The summed E-state index contributed by atoms with van der Waals surface area (Å²) in [7, 11) is 1.63. The summed E-state index contributed by atoms with van der Waals surface area (Å²) in [6.07, 6.45) is -1.48. The van der Waals surface area contributed by atoms with Gasteiger partial charge < -0.3 is 4.74 Å². The van der Waals surface area contributed by atoms with Crippen LogP contribution in [-0.2, 0) is 7.05 Å². The molecule has 0 fully saturated rings. The van der Waals surface area contributed by atoms with Crippen LogP contribution in [0.4, 0.5) is 4.39 Å². The molecule has 0 bridgehead atoms. The first-order valence-electron chi connectivity index (χ1n) is 5.98. The van der Waals surface area contributed by atoms with Crippen LogP contribution < -0.4 is 4.74 Å². The Bertz CT molecular complexity index is 656. The van der Waals surface area contributed by atoms with E-state index in [2.05, 4.69) is 10.1 Å². The zero-order valence-corrected chi connectivity index (χ0v) is 13.1. The Morgan fingerprint density at radius 2 is 1.95 bits per heavy atom. The lowest BCUT2D eigenvalue weighted by atomic mass is 10.1. The Hall–Kier alpha value is -1.33. The molecular formula is C13H14Cl2FN3O. The molecule has 20 heavy (non-hydrogen) atoms. The highest BCUT2D eigenvalue weighted by molar-refractivity contribution is 6.34. The second kappa shape index (κ2) is 5.58. The lowest BCUT2D eigenvalue weighted by Gasteiger charge is -2.07. The normalized spacial score (nSPS) is 12.6. The molecule has 2 rings (SSSR count). The third-order valence-corrected chi connectivity index (χ3v) is 3.50. The molecule has 1 atom stereocenters. The van der Waals surface area contributed by atoms with Gasteiger partial charge in [-0.15, -0.1) is 0 Å². The van der Waals surface area contributed by atoms with E-state index in [1.165, 1.54) is 11.6 Å². The second-order valence-corrected chi connectivity index (χ2v) is 5.26. The minimum atomic E-state index is -1.48. The fraction of sp³-hybridized carbons (Fsp3) is 0.385. The van der Waals surface area contributed by atoms with E-state index in [0.717, 1.165) is 5.56 Å². The van der Waals surface area contributed by atoms with Gasteiger partial charge in [-0.1, -0.05) is 23.2 Å². The van der Waals surface area contributed by atoms with Crippen LogP contribution in [-0.4, -0.2) is 21.1 Å². The lowest BCUT2D eigenvalue weighted by Crippen LogP contribution is -2.07. The molecule has 0 saturated carbocycles. The highest BCUT2D eigenvalue weighted by Gasteiger charge is 2.21. The van der Waals surface area contributed by atoms with E-state index in [-0.39, 0.29) is 10.9 Å². The van der Waals surface area contributed by atoms with E-state index in [9.17, 15) is 4.39 Å². The Morgan fingerprint density at radius 3 is 2.55 bits per heavy atom. The number of pyridine rings is 1. The quantitative estimate of drug-likeness (QED) is 0.855. The molecule has 0 saturated heterocycles. The molecule has 0 amide bonds. The van der Waals surface area contributed by atoms with E-state index in [1.807, 2.05) is 6.92 Å². The molecule has 1 unspecified atom stereocenters. The van der Waals surface area contributed by atoms with Crippen molar-refractivity contribution in [3.8, 4) is 17.3 Å². The molecule has 2 aromatic heterocycles. The maximum Gasteiger partial charge on any atom is 0.237 e. The number of hydrogen-bond donors (Lipinski definition) is 0. The van der Waals surface area contributed by atoms with E-state index in [4.69, 9.17) is 27.9 Å². The van der Waals surface area contributed by atoms with Gasteiger partial charge >= 0.3 is 0 Å². The van der Waals surface area contributed by atoms with Crippen molar-refractivity contribution in [2.45, 2.75) is 27.1 Å². The minimum absolute atomic E-state index is 0.172. The standard InChI is InChI=1S/C13H14Cl2FN3O/c1-6-5-9(14)7(2)17-11(6)12-10(15)13(19(4)18-12)20-8(3)16/h5,8H,1-4H3. The van der Waals surface area contributed by atoms with Gasteiger partial charge in [-0.3, -0.25) is 0 Å². The predicted octanol–water partition coefficient (Wildman–Crippen LogP) is 4.10. The van der Waals surface area contributed by atoms with Crippen LogP contribution in [0.3, 0.4) is 0 Å². The molecule has 0 aromatic carbocycles. The average Bonchev–Trinajstić information content (AvgIpc) is 2.61. The number of halogens is 3. The first kappa shape index (κ1) is 15.1. The van der Waals surface area contributed by atoms with E-state index < -0.39 is 6.36 Å². The first-order valence-corrected chi connectivity index (χ1v) is 6.74. The van der Waals surface area contributed by atoms with Gasteiger partial charge in [0.1, 0.15) is 10.7 Å². The van der Waals surface area contributed by atoms with Gasteiger partial charge in [-0.2, -0.15) is 5.10 Å². The van der Waals surface area contributed by atoms with Gasteiger partial charge in [-0.25, -0.2) is 14.1 Å². The summed E-state index contributed by atoms with van der Waals surface area (Å²) in [6.45, 7) is 4.93. The summed E-state index contributed by atoms with van der Waals surface area (Å²) in [5.74, 6) is 0.172. The van der Waals surface area contributed by atoms with Crippen LogP contribution in [0, 0.1) is 13.8 Å². The van der Waals surface area contributed by atoms with Gasteiger partial charge in [0.05, 0.1) is 16.4 Å². The monoisotopic (exact) mass is 317 g/mol. The van der Waals surface area contributed by atoms with Crippen molar-refractivity contribution in [3.05, 3.63) is 27.4 Å². The molecular weight excluding hydrogens is 304 g/mol. The van der Waals surface area contributed by atoms with Crippen molar-refractivity contribution in [2.75, 3.05) is 0 Å². The van der Waals surface area contributed by atoms with E-state index in [0.29, 0.717) is 22.1 Å². The predicted molar refractivity (Wildman–Crippen MR) is 77.1 cm³/mol. The summed E-state index contributed by atoms with van der Waals surface area (Å²) in [4.78, 5) is 4.40. The lowest BCUT2D eigenvalue weighted by molar-refractivity contribution is 0.0763. The van der Waals surface area contributed by atoms with Gasteiger partial charge in [0.2, 0.25) is 12.2 Å². The number of aryl methyl sites for hydroxylation is 3. The molecule has 108 valence electrons. The van der Waals surface area contributed by atoms with Crippen LogP contribution in [0.25, 0.3) is 11.4 Å². The Labute approximate surface area is 126 Å². The van der Waals surface area contributed by atoms with Crippen molar-refractivity contribution in [2.24, 2.45) is 7.05 Å². The Kier molecular flexibility index (Phi) is 4.20. The molecule has 0 aliphatic rings. The Morgan fingerprint density at radius 1 is 1.30 bits per heavy atom. The zero-order chi connectivity index (χ0) is 15.0. The fourth-order valence-electron chi connectivity index (χ4n) is 1.83. The van der Waals surface area contributed by atoms with Crippen LogP contribution >= 0.6 is 23.2 Å². The van der Waals surface area contributed by atoms with Crippen molar-refractivity contribution < 1.29 is 9.13 Å². The molecule has 7 heteroatoms. The van der Waals surface area contributed by atoms with E-state index in [1.54, 1.807) is 20.0 Å². The topological polar surface area (TPSA) is 39.9 Å². The van der Waals surface area contributed by atoms with Gasteiger partial charge in [-0.05, 0) is 25.5 Å². The molecule has 0 aliphatic heterocycles. The number of alkyl halides is 1. The zero-order valence-electron chi connectivity index (χ0n) is 11.5. The highest BCUT2D eigenvalue weighted by Crippen LogP contribution is 2.36. The number of ether oxygens (including phenoxy) is 1. The number of nitrogens with zero attached hydrogens (tertiary/aromatic N) is 3. The summed E-state index contributed by atoms with van der Waals surface area (Å²) < 4.78 is 19.4. The molecule has 4 nitrogen and oxygen atoms in total. The van der Waals surface area contributed by atoms with E-state index >= 15 is 0 Å². The molecule has 0 spiro atoms. The van der Waals surface area contributed by atoms with Crippen LogP contribution in [0.15, 0.2) is 6.07 Å². The van der Waals surface area contributed by atoms with Crippen molar-refractivity contribution in [1.82, 2.24) is 14.8 Å². The molecule has 0 aliphatic carbocycles. The number of hydrogen-bond acceptors (Lipinski definition) is 3. The number of rotatable bonds is 3. The summed E-state index contributed by atoms with van der Waals surface area (Å²) in [5, 5.41) is 5.06. The smallest absolute Gasteiger partial charge is 0.237 e. The van der Waals surface area contributed by atoms with Gasteiger partial charge in [0.15, 0.2) is 0 Å². The third-order valence-electron chi connectivity index (χ3n) is 2.78. The molecule has 2 heterocycles. The molecule has 0 radical (unpaired) electrons. The molecule has 0 N–H and O–H groups in total. The molecule has 2 aromatic rings. The average molecular weight is 318 g/mol. The highest BCUT2D eigenvalue weighted by atomic mass is 35.5. The van der Waals surface area contributed by atoms with Crippen LogP contribution in [0.2, 0.25) is 10.0 Å². The fourth-order valence-corrected chi connectivity index (χ4v) is 2.33. The summed E-state index contributed by atoms with van der Waals surface area (Å²) in [6, 6.07) is 1.79. The second-order valence-electron chi connectivity index (χ2n) is 4.47. The van der Waals surface area contributed by atoms with Gasteiger partial charge in [0.25, 0.3) is 0 Å². The van der Waals surface area contributed by atoms with Crippen molar-refractivity contribution in [1.29, 1.82) is 0 Å². The summed E-state index contributed by atoms with van der Waals surface area (Å²) >= 11 is 12.2. The van der Waals surface area contributed by atoms with Crippen LogP contribution in [0.5, 0.6) is 5.88 Å². The Balaban J connectivity index is 2.57. The van der Waals surface area contributed by atoms with Crippen molar-refractivity contribution in [3.63, 3.8) is 0 Å². The maximum absolute atomic E-state index is 13.0. The number of aromatic nitrogens is 3. The summed E-state index contributed by atoms with van der Waals surface area (Å²) in [5.41, 5.74) is 2.56. The largest absolute Gasteiger partial charge is 0.442 e. The first-order chi connectivity index (χ1) is 9.31. The minimum Gasteiger partial charge on any atom is -0.442 e. The van der Waals surface area contributed by atoms with Gasteiger partial charge in [0, 0.05) is 14.0 Å².